The van der Waals surface area contributed by atoms with Gasteiger partial charge >= 0.3 is 0 Å². The average Bonchev–Trinajstić information content (AvgIpc) is 3.10. The molecule has 2 aromatic heterocycles. The molecule has 0 N–H and O–H groups in total. The maximum atomic E-state index is 12.8. The van der Waals surface area contributed by atoms with Crippen molar-refractivity contribution >= 4 is 33.0 Å². The van der Waals surface area contributed by atoms with E-state index < -0.39 is 0 Å². The molecule has 5 nitrogen and oxygen atoms in total. The van der Waals surface area contributed by atoms with Crippen LogP contribution in [0, 0.1) is 0 Å². The topological polar surface area (TPSA) is 52.7 Å². The summed E-state index contributed by atoms with van der Waals surface area (Å²) in [6.07, 6.45) is 4.94. The van der Waals surface area contributed by atoms with E-state index in [1.54, 1.807) is 27.8 Å². The molecule has 0 unspecified atom stereocenters. The fourth-order valence-corrected chi connectivity index (χ4v) is 3.05. The number of halogens is 1. The summed E-state index contributed by atoms with van der Waals surface area (Å²) < 4.78 is 4.25. The molecule has 0 saturated carbocycles. The minimum Gasteiger partial charge on any atom is -0.294 e. The molecule has 4 rings (SSSR count). The zero-order valence-electron chi connectivity index (χ0n) is 13.8. The van der Waals surface area contributed by atoms with Crippen molar-refractivity contribution in [3.8, 4) is 5.69 Å². The predicted molar refractivity (Wildman–Crippen MR) is 106 cm³/mol. The SMILES string of the molecule is C=Cc1ccc(Cn2cnc3c(cnn3-c3ccc(Br)cc3)c2=O)cc1. The summed E-state index contributed by atoms with van der Waals surface area (Å²) in [5.74, 6) is 0. The Labute approximate surface area is 158 Å². The highest BCUT2D eigenvalue weighted by Crippen LogP contribution is 2.17. The Morgan fingerprint density at radius 2 is 1.81 bits per heavy atom. The number of aromatic nitrogens is 4. The van der Waals surface area contributed by atoms with Crippen LogP contribution >= 0.6 is 15.9 Å². The number of hydrogen-bond donors (Lipinski definition) is 0. The molecule has 0 radical (unpaired) electrons. The lowest BCUT2D eigenvalue weighted by molar-refractivity contribution is 0.745. The molecule has 26 heavy (non-hydrogen) atoms. The van der Waals surface area contributed by atoms with Gasteiger partial charge in [-0.05, 0) is 35.4 Å². The van der Waals surface area contributed by atoms with Crippen LogP contribution in [0.3, 0.4) is 0 Å². The molecular weight excluding hydrogens is 392 g/mol. The van der Waals surface area contributed by atoms with Crippen LogP contribution < -0.4 is 5.56 Å². The van der Waals surface area contributed by atoms with Crippen molar-refractivity contribution in [1.82, 2.24) is 19.3 Å². The van der Waals surface area contributed by atoms with Gasteiger partial charge in [0, 0.05) is 4.47 Å². The van der Waals surface area contributed by atoms with Crippen molar-refractivity contribution in [2.75, 3.05) is 0 Å². The van der Waals surface area contributed by atoms with Gasteiger partial charge in [-0.3, -0.25) is 9.36 Å². The van der Waals surface area contributed by atoms with Gasteiger partial charge in [-0.25, -0.2) is 9.67 Å². The molecule has 0 aliphatic rings. The van der Waals surface area contributed by atoms with Gasteiger partial charge in [-0.15, -0.1) is 0 Å². The first-order chi connectivity index (χ1) is 12.7. The average molecular weight is 407 g/mol. The Balaban J connectivity index is 1.72. The van der Waals surface area contributed by atoms with Gasteiger partial charge in [-0.1, -0.05) is 52.9 Å². The van der Waals surface area contributed by atoms with E-state index in [1.807, 2.05) is 48.5 Å². The highest BCUT2D eigenvalue weighted by atomic mass is 79.9. The molecule has 0 aliphatic carbocycles. The van der Waals surface area contributed by atoms with E-state index in [-0.39, 0.29) is 5.56 Å². The standard InChI is InChI=1S/C20H15BrN4O/c1-2-14-3-5-15(6-4-14)12-24-13-22-19-18(20(24)26)11-23-25(19)17-9-7-16(21)8-10-17/h2-11,13H,1,12H2. The molecule has 0 fully saturated rings. The van der Waals surface area contributed by atoms with Crippen LogP contribution in [0.15, 0.2) is 76.9 Å². The second-order valence-electron chi connectivity index (χ2n) is 5.89. The van der Waals surface area contributed by atoms with Crippen molar-refractivity contribution in [3.05, 3.63) is 93.6 Å². The van der Waals surface area contributed by atoms with Gasteiger partial charge in [0.15, 0.2) is 5.65 Å². The first-order valence-electron chi connectivity index (χ1n) is 8.06. The first-order valence-corrected chi connectivity index (χ1v) is 8.85. The van der Waals surface area contributed by atoms with Crippen molar-refractivity contribution in [2.45, 2.75) is 6.54 Å². The van der Waals surface area contributed by atoms with Gasteiger partial charge in [0.1, 0.15) is 11.7 Å². The van der Waals surface area contributed by atoms with Crippen LogP contribution in [0.5, 0.6) is 0 Å². The summed E-state index contributed by atoms with van der Waals surface area (Å²) in [5.41, 5.74) is 3.37. The third-order valence-electron chi connectivity index (χ3n) is 4.19. The lowest BCUT2D eigenvalue weighted by Crippen LogP contribution is -2.21. The molecule has 0 spiro atoms. The Morgan fingerprint density at radius 3 is 2.50 bits per heavy atom. The maximum absolute atomic E-state index is 12.8. The maximum Gasteiger partial charge on any atom is 0.264 e. The number of fused-ring (bicyclic) bond motifs is 1. The predicted octanol–water partition coefficient (Wildman–Crippen LogP) is 4.04. The number of hydrogen-bond acceptors (Lipinski definition) is 3. The third kappa shape index (κ3) is 2.99. The normalized spacial score (nSPS) is 11.0. The Bertz CT molecular complexity index is 1140. The van der Waals surface area contributed by atoms with E-state index in [0.717, 1.165) is 21.3 Å². The summed E-state index contributed by atoms with van der Waals surface area (Å²) in [5, 5.41) is 4.84. The zero-order chi connectivity index (χ0) is 18.1. The molecule has 2 aromatic carbocycles. The van der Waals surface area contributed by atoms with Crippen LogP contribution in [-0.2, 0) is 6.54 Å². The first kappa shape index (κ1) is 16.5. The lowest BCUT2D eigenvalue weighted by Gasteiger charge is -2.07. The van der Waals surface area contributed by atoms with E-state index in [0.29, 0.717) is 17.6 Å². The monoisotopic (exact) mass is 406 g/mol. The Morgan fingerprint density at radius 1 is 1.08 bits per heavy atom. The van der Waals surface area contributed by atoms with Crippen molar-refractivity contribution in [1.29, 1.82) is 0 Å². The fraction of sp³-hybridized carbons (Fsp3) is 0.0500. The summed E-state index contributed by atoms with van der Waals surface area (Å²) >= 11 is 3.42. The molecule has 2 heterocycles. The molecule has 0 saturated heterocycles. The minimum absolute atomic E-state index is 0.105. The minimum atomic E-state index is -0.105. The molecule has 6 heteroatoms. The third-order valence-corrected chi connectivity index (χ3v) is 4.72. The highest BCUT2D eigenvalue weighted by molar-refractivity contribution is 9.10. The quantitative estimate of drug-likeness (QED) is 0.513. The molecule has 0 amide bonds. The smallest absolute Gasteiger partial charge is 0.264 e. The fourth-order valence-electron chi connectivity index (χ4n) is 2.79. The summed E-state index contributed by atoms with van der Waals surface area (Å²) in [4.78, 5) is 17.3. The summed E-state index contributed by atoms with van der Waals surface area (Å²) in [6, 6.07) is 15.6. The van der Waals surface area contributed by atoms with Gasteiger partial charge in [0.2, 0.25) is 0 Å². The number of nitrogens with zero attached hydrogens (tertiary/aromatic N) is 4. The molecule has 128 valence electrons. The van der Waals surface area contributed by atoms with Crippen LogP contribution in [0.25, 0.3) is 22.8 Å². The molecular formula is C20H15BrN4O. The molecule has 0 aliphatic heterocycles. The highest BCUT2D eigenvalue weighted by Gasteiger charge is 2.11. The largest absolute Gasteiger partial charge is 0.294 e. The lowest BCUT2D eigenvalue weighted by atomic mass is 10.1. The van der Waals surface area contributed by atoms with Gasteiger partial charge < -0.3 is 0 Å². The summed E-state index contributed by atoms with van der Waals surface area (Å²) in [6.45, 7) is 4.21. The van der Waals surface area contributed by atoms with Crippen molar-refractivity contribution in [2.24, 2.45) is 0 Å². The van der Waals surface area contributed by atoms with Gasteiger partial charge in [0.25, 0.3) is 5.56 Å². The second-order valence-corrected chi connectivity index (χ2v) is 6.81. The van der Waals surface area contributed by atoms with E-state index in [2.05, 4.69) is 32.6 Å². The van der Waals surface area contributed by atoms with E-state index in [9.17, 15) is 4.79 Å². The Kier molecular flexibility index (Phi) is 4.26. The van der Waals surface area contributed by atoms with Crippen molar-refractivity contribution in [3.63, 3.8) is 0 Å². The van der Waals surface area contributed by atoms with Crippen LogP contribution in [0.1, 0.15) is 11.1 Å². The second kappa shape index (κ2) is 6.72. The van der Waals surface area contributed by atoms with Crippen LogP contribution in [0.4, 0.5) is 0 Å². The molecule has 0 bridgehead atoms. The van der Waals surface area contributed by atoms with E-state index >= 15 is 0 Å². The molecule has 0 atom stereocenters. The zero-order valence-corrected chi connectivity index (χ0v) is 15.4. The van der Waals surface area contributed by atoms with E-state index in [1.165, 1.54) is 0 Å². The summed E-state index contributed by atoms with van der Waals surface area (Å²) in [7, 11) is 0. The molecule has 4 aromatic rings. The van der Waals surface area contributed by atoms with Gasteiger partial charge in [0.05, 0.1) is 18.4 Å². The van der Waals surface area contributed by atoms with E-state index in [4.69, 9.17) is 0 Å². The van der Waals surface area contributed by atoms with Crippen molar-refractivity contribution < 1.29 is 0 Å². The Hall–Kier alpha value is -2.99. The van der Waals surface area contributed by atoms with Crippen LogP contribution in [0.2, 0.25) is 0 Å². The number of rotatable bonds is 4. The van der Waals surface area contributed by atoms with Crippen LogP contribution in [-0.4, -0.2) is 19.3 Å². The van der Waals surface area contributed by atoms with Gasteiger partial charge in [-0.2, -0.15) is 5.10 Å². The number of benzene rings is 2.